The van der Waals surface area contributed by atoms with E-state index in [-0.39, 0.29) is 5.82 Å². The summed E-state index contributed by atoms with van der Waals surface area (Å²) in [5.74, 6) is 1.25. The van der Waals surface area contributed by atoms with E-state index >= 15 is 0 Å². The van der Waals surface area contributed by atoms with E-state index in [2.05, 4.69) is 20.9 Å². The minimum absolute atomic E-state index is 0.00974. The van der Waals surface area contributed by atoms with Crippen molar-refractivity contribution >= 4 is 5.82 Å². The largest absolute Gasteiger partial charge is 0.393 e. The number of rotatable bonds is 3. The second-order valence-corrected chi connectivity index (χ2v) is 4.38. The second kappa shape index (κ2) is 5.43. The molecule has 1 saturated heterocycles. The molecule has 10 nitrogen and oxygen atoms in total. The van der Waals surface area contributed by atoms with Crippen molar-refractivity contribution in [3.8, 4) is 12.3 Å². The van der Waals surface area contributed by atoms with Gasteiger partial charge >= 0.3 is 5.69 Å². The third kappa shape index (κ3) is 2.31. The number of aliphatic hydroxyl groups is 2. The maximum atomic E-state index is 11.8. The summed E-state index contributed by atoms with van der Waals surface area (Å²) in [6, 6.07) is 1.34. The van der Waals surface area contributed by atoms with E-state index in [4.69, 9.17) is 22.4 Å². The standard InChI is InChI=1S/C11H12N6O4/c1-2-6-8(19)11(5-18,15-16-13)21-9(6)17-4-3-7(12)14-10(17)20/h1,3-4,6,8-9,18-19H,5H2,(H2,12,14,20)/t6-,8-,9+,11+/m0/s1. The van der Waals surface area contributed by atoms with E-state index in [1.165, 1.54) is 12.3 Å². The molecular weight excluding hydrogens is 280 g/mol. The van der Waals surface area contributed by atoms with E-state index in [0.717, 1.165) is 4.57 Å². The molecule has 0 aliphatic carbocycles. The van der Waals surface area contributed by atoms with Gasteiger partial charge in [-0.15, -0.1) is 6.42 Å². The summed E-state index contributed by atoms with van der Waals surface area (Å²) < 4.78 is 6.39. The summed E-state index contributed by atoms with van der Waals surface area (Å²) in [7, 11) is 0. The topological polar surface area (TPSA) is 159 Å². The highest BCUT2D eigenvalue weighted by molar-refractivity contribution is 5.24. The number of nitrogens with zero attached hydrogens (tertiary/aromatic N) is 5. The SMILES string of the molecule is C#C[C@@H]1[C@H](n2ccc(N)nc2=O)O[C@@](CO)(N=[N+]=[N-])[C@H]1O. The van der Waals surface area contributed by atoms with E-state index < -0.39 is 36.3 Å². The molecule has 4 N–H and O–H groups in total. The first-order valence-electron chi connectivity index (χ1n) is 5.83. The number of terminal acetylenes is 1. The van der Waals surface area contributed by atoms with Crippen LogP contribution in [-0.2, 0) is 4.74 Å². The van der Waals surface area contributed by atoms with Gasteiger partial charge in [0.05, 0.1) is 12.5 Å². The van der Waals surface area contributed by atoms with Crippen LogP contribution in [0.15, 0.2) is 22.2 Å². The number of nitrogen functional groups attached to an aromatic ring is 1. The van der Waals surface area contributed by atoms with Crippen LogP contribution in [0, 0.1) is 18.3 Å². The fourth-order valence-corrected chi connectivity index (χ4v) is 2.13. The van der Waals surface area contributed by atoms with Crippen LogP contribution in [0.3, 0.4) is 0 Å². The molecule has 0 saturated carbocycles. The quantitative estimate of drug-likeness (QED) is 0.279. The van der Waals surface area contributed by atoms with Crippen LogP contribution >= 0.6 is 0 Å². The van der Waals surface area contributed by atoms with Crippen LogP contribution in [0.2, 0.25) is 0 Å². The molecule has 2 heterocycles. The lowest BCUT2D eigenvalue weighted by atomic mass is 9.97. The van der Waals surface area contributed by atoms with Crippen LogP contribution in [0.4, 0.5) is 5.82 Å². The number of aromatic nitrogens is 2. The average Bonchev–Trinajstić information content (AvgIpc) is 2.72. The molecule has 0 spiro atoms. The number of aliphatic hydroxyl groups excluding tert-OH is 2. The van der Waals surface area contributed by atoms with Crippen LogP contribution in [-0.4, -0.2) is 38.2 Å². The molecule has 0 aromatic carbocycles. The molecule has 1 aromatic rings. The monoisotopic (exact) mass is 292 g/mol. The molecule has 1 fully saturated rings. The van der Waals surface area contributed by atoms with Crippen LogP contribution in [0.1, 0.15) is 6.23 Å². The lowest BCUT2D eigenvalue weighted by molar-refractivity contribution is -0.124. The highest BCUT2D eigenvalue weighted by atomic mass is 16.6. The lowest BCUT2D eigenvalue weighted by Gasteiger charge is -2.23. The highest BCUT2D eigenvalue weighted by Gasteiger charge is 2.54. The van der Waals surface area contributed by atoms with Crippen molar-refractivity contribution in [3.05, 3.63) is 33.2 Å². The van der Waals surface area contributed by atoms with Gasteiger partial charge in [0.25, 0.3) is 0 Å². The van der Waals surface area contributed by atoms with Gasteiger partial charge in [-0.1, -0.05) is 11.0 Å². The van der Waals surface area contributed by atoms with Crippen molar-refractivity contribution < 1.29 is 14.9 Å². The van der Waals surface area contributed by atoms with E-state index in [0.29, 0.717) is 0 Å². The molecule has 1 aliphatic heterocycles. The minimum Gasteiger partial charge on any atom is -0.393 e. The van der Waals surface area contributed by atoms with E-state index in [9.17, 15) is 15.0 Å². The predicted octanol–water partition coefficient (Wildman–Crippen LogP) is -1.04. The summed E-state index contributed by atoms with van der Waals surface area (Å²) in [6.07, 6.45) is 3.99. The van der Waals surface area contributed by atoms with Crippen molar-refractivity contribution in [2.45, 2.75) is 18.1 Å². The number of ether oxygens (including phenoxy) is 1. The molecule has 0 bridgehead atoms. The lowest BCUT2D eigenvalue weighted by Crippen LogP contribution is -2.42. The zero-order valence-electron chi connectivity index (χ0n) is 10.7. The van der Waals surface area contributed by atoms with Gasteiger partial charge in [0, 0.05) is 11.1 Å². The Balaban J connectivity index is 2.52. The molecule has 0 amide bonds. The van der Waals surface area contributed by atoms with Gasteiger partial charge in [0.2, 0.25) is 0 Å². The van der Waals surface area contributed by atoms with Crippen LogP contribution in [0.25, 0.3) is 10.4 Å². The highest BCUT2D eigenvalue weighted by Crippen LogP contribution is 2.41. The van der Waals surface area contributed by atoms with Gasteiger partial charge in [0.1, 0.15) is 11.9 Å². The number of hydrogen-bond donors (Lipinski definition) is 3. The molecule has 110 valence electrons. The predicted molar refractivity (Wildman–Crippen MR) is 70.3 cm³/mol. The van der Waals surface area contributed by atoms with E-state index in [1.807, 2.05) is 0 Å². The van der Waals surface area contributed by atoms with E-state index in [1.54, 1.807) is 0 Å². The smallest absolute Gasteiger partial charge is 0.351 e. The molecule has 21 heavy (non-hydrogen) atoms. The van der Waals surface area contributed by atoms with Crippen molar-refractivity contribution in [3.63, 3.8) is 0 Å². The molecule has 0 unspecified atom stereocenters. The Morgan fingerprint density at radius 3 is 3.00 bits per heavy atom. The number of nitrogens with two attached hydrogens (primary N) is 1. The molecule has 0 radical (unpaired) electrons. The Morgan fingerprint density at radius 1 is 1.76 bits per heavy atom. The molecule has 10 heteroatoms. The first kappa shape index (κ1) is 14.8. The average molecular weight is 292 g/mol. The van der Waals surface area contributed by atoms with Gasteiger partial charge in [-0.05, 0) is 11.6 Å². The van der Waals surface area contributed by atoms with Gasteiger partial charge < -0.3 is 20.7 Å². The number of hydrogen-bond acceptors (Lipinski definition) is 7. The van der Waals surface area contributed by atoms with Gasteiger partial charge in [-0.3, -0.25) is 4.57 Å². The second-order valence-electron chi connectivity index (χ2n) is 4.38. The third-order valence-electron chi connectivity index (χ3n) is 3.19. The van der Waals surface area contributed by atoms with Crippen molar-refractivity contribution in [1.29, 1.82) is 0 Å². The number of anilines is 1. The van der Waals surface area contributed by atoms with Gasteiger partial charge in [-0.2, -0.15) is 4.98 Å². The minimum atomic E-state index is -1.96. The first-order chi connectivity index (χ1) is 9.99. The zero-order chi connectivity index (χ0) is 15.6. The van der Waals surface area contributed by atoms with Crippen molar-refractivity contribution in [2.75, 3.05) is 12.3 Å². The molecule has 1 aliphatic rings. The first-order valence-corrected chi connectivity index (χ1v) is 5.83. The van der Waals surface area contributed by atoms with Crippen LogP contribution in [0.5, 0.6) is 0 Å². The fourth-order valence-electron chi connectivity index (χ4n) is 2.13. The third-order valence-corrected chi connectivity index (χ3v) is 3.19. The summed E-state index contributed by atoms with van der Waals surface area (Å²) in [6.45, 7) is -0.802. The number of azide groups is 1. The Morgan fingerprint density at radius 2 is 2.48 bits per heavy atom. The maximum absolute atomic E-state index is 11.8. The molecular formula is C11H12N6O4. The molecule has 4 atom stereocenters. The molecule has 1 aromatic heterocycles. The Labute approximate surface area is 118 Å². The van der Waals surface area contributed by atoms with Crippen LogP contribution < -0.4 is 11.4 Å². The summed E-state index contributed by atoms with van der Waals surface area (Å²) in [4.78, 5) is 17.9. The summed E-state index contributed by atoms with van der Waals surface area (Å²) in [5, 5.41) is 22.8. The Hall–Kier alpha value is -2.57. The van der Waals surface area contributed by atoms with Gasteiger partial charge in [-0.25, -0.2) is 4.79 Å². The molecule has 2 rings (SSSR count). The summed E-state index contributed by atoms with van der Waals surface area (Å²) >= 11 is 0. The zero-order valence-corrected chi connectivity index (χ0v) is 10.7. The normalized spacial score (nSPS) is 31.4. The Kier molecular flexibility index (Phi) is 3.84. The van der Waals surface area contributed by atoms with Crippen molar-refractivity contribution in [2.24, 2.45) is 11.0 Å². The maximum Gasteiger partial charge on any atom is 0.351 e. The fraction of sp³-hybridized carbons (Fsp3) is 0.455. The van der Waals surface area contributed by atoms with Crippen molar-refractivity contribution in [1.82, 2.24) is 9.55 Å². The van der Waals surface area contributed by atoms with Gasteiger partial charge in [0.15, 0.2) is 12.0 Å². The summed E-state index contributed by atoms with van der Waals surface area (Å²) in [5.41, 5.74) is 11.2. The Bertz CT molecular complexity index is 691.